The van der Waals surface area contributed by atoms with Crippen LogP contribution in [0.2, 0.25) is 5.02 Å². The standard InChI is InChI=1S/C21H24ClFN2O3/c1-28-14-21(27)25(18-5-3-17(23)4-6-18)19-8-10-24(11-9-19)13-15-12-16(22)2-7-20(15)26/h2-7,12,19,26H,8-11,13-14H2,1H3. The molecule has 0 saturated carbocycles. The molecular weight excluding hydrogens is 383 g/mol. The number of halogens is 2. The fraction of sp³-hybridized carbons (Fsp3) is 0.381. The maximum absolute atomic E-state index is 13.3. The van der Waals surface area contributed by atoms with Crippen LogP contribution in [0.3, 0.4) is 0 Å². The van der Waals surface area contributed by atoms with E-state index < -0.39 is 0 Å². The lowest BCUT2D eigenvalue weighted by Gasteiger charge is -2.38. The van der Waals surface area contributed by atoms with Gasteiger partial charge in [0.05, 0.1) is 0 Å². The largest absolute Gasteiger partial charge is 0.508 e. The number of anilines is 1. The van der Waals surface area contributed by atoms with Gasteiger partial charge >= 0.3 is 0 Å². The smallest absolute Gasteiger partial charge is 0.253 e. The molecule has 1 aliphatic rings. The lowest BCUT2D eigenvalue weighted by molar-refractivity contribution is -0.122. The number of benzene rings is 2. The van der Waals surface area contributed by atoms with E-state index in [0.717, 1.165) is 31.5 Å². The van der Waals surface area contributed by atoms with Crippen molar-refractivity contribution in [2.75, 3.05) is 31.7 Å². The molecule has 1 saturated heterocycles. The number of piperidine rings is 1. The van der Waals surface area contributed by atoms with Crippen LogP contribution in [0.4, 0.5) is 10.1 Å². The SMILES string of the molecule is COCC(=O)N(c1ccc(F)cc1)C1CCN(Cc2cc(Cl)ccc2O)CC1. The molecule has 0 bridgehead atoms. The van der Waals surface area contributed by atoms with Gasteiger partial charge in [0.2, 0.25) is 0 Å². The van der Waals surface area contributed by atoms with Crippen molar-refractivity contribution in [1.29, 1.82) is 0 Å². The van der Waals surface area contributed by atoms with Gasteiger partial charge in [-0.15, -0.1) is 0 Å². The van der Waals surface area contributed by atoms with Crippen molar-refractivity contribution in [3.63, 3.8) is 0 Å². The maximum Gasteiger partial charge on any atom is 0.253 e. The zero-order valence-electron chi connectivity index (χ0n) is 15.8. The van der Waals surface area contributed by atoms with E-state index in [1.165, 1.54) is 19.2 Å². The lowest BCUT2D eigenvalue weighted by atomic mass is 10.0. The highest BCUT2D eigenvalue weighted by Crippen LogP contribution is 2.27. The van der Waals surface area contributed by atoms with E-state index in [0.29, 0.717) is 17.3 Å². The van der Waals surface area contributed by atoms with Crippen molar-refractivity contribution < 1.29 is 19.0 Å². The normalized spacial score (nSPS) is 15.5. The van der Waals surface area contributed by atoms with E-state index >= 15 is 0 Å². The first-order chi connectivity index (χ1) is 13.5. The summed E-state index contributed by atoms with van der Waals surface area (Å²) >= 11 is 6.03. The Hall–Kier alpha value is -2.15. The Morgan fingerprint density at radius 3 is 2.57 bits per heavy atom. The van der Waals surface area contributed by atoms with Crippen molar-refractivity contribution >= 4 is 23.2 Å². The third-order valence-electron chi connectivity index (χ3n) is 5.00. The quantitative estimate of drug-likeness (QED) is 0.792. The van der Waals surface area contributed by atoms with E-state index in [9.17, 15) is 14.3 Å². The van der Waals surface area contributed by atoms with Crippen LogP contribution in [0, 0.1) is 5.82 Å². The molecule has 0 radical (unpaired) electrons. The zero-order chi connectivity index (χ0) is 20.1. The summed E-state index contributed by atoms with van der Waals surface area (Å²) in [6, 6.07) is 11.0. The molecule has 7 heteroatoms. The second-order valence-electron chi connectivity index (χ2n) is 6.95. The summed E-state index contributed by atoms with van der Waals surface area (Å²) in [5, 5.41) is 10.6. The highest BCUT2D eigenvalue weighted by atomic mass is 35.5. The summed E-state index contributed by atoms with van der Waals surface area (Å²) in [5.74, 6) is -0.242. The summed E-state index contributed by atoms with van der Waals surface area (Å²) < 4.78 is 18.3. The van der Waals surface area contributed by atoms with Crippen LogP contribution in [-0.4, -0.2) is 48.8 Å². The Kier molecular flexibility index (Phi) is 6.88. The lowest BCUT2D eigenvalue weighted by Crippen LogP contribution is -2.48. The first-order valence-corrected chi connectivity index (χ1v) is 9.62. The molecule has 0 aromatic heterocycles. The van der Waals surface area contributed by atoms with Crippen LogP contribution in [-0.2, 0) is 16.1 Å². The summed E-state index contributed by atoms with van der Waals surface area (Å²) in [7, 11) is 1.49. The Morgan fingerprint density at radius 1 is 1.25 bits per heavy atom. The molecule has 2 aromatic rings. The number of hydrogen-bond acceptors (Lipinski definition) is 4. The minimum Gasteiger partial charge on any atom is -0.508 e. The molecule has 0 aliphatic carbocycles. The minimum atomic E-state index is -0.334. The van der Waals surface area contributed by atoms with Gasteiger partial charge in [0.15, 0.2) is 0 Å². The van der Waals surface area contributed by atoms with Crippen LogP contribution >= 0.6 is 11.6 Å². The number of rotatable bonds is 6. The molecule has 150 valence electrons. The van der Waals surface area contributed by atoms with Crippen LogP contribution in [0.1, 0.15) is 18.4 Å². The van der Waals surface area contributed by atoms with Gasteiger partial charge in [0.1, 0.15) is 18.2 Å². The summed E-state index contributed by atoms with van der Waals surface area (Å²) in [6.07, 6.45) is 1.54. The van der Waals surface area contributed by atoms with Crippen LogP contribution < -0.4 is 4.90 Å². The zero-order valence-corrected chi connectivity index (χ0v) is 16.5. The van der Waals surface area contributed by atoms with Crippen molar-refractivity contribution in [2.24, 2.45) is 0 Å². The monoisotopic (exact) mass is 406 g/mol. The predicted octanol–water partition coefficient (Wildman–Crippen LogP) is 3.83. The summed E-state index contributed by atoms with van der Waals surface area (Å²) in [5.41, 5.74) is 1.46. The molecule has 1 amide bonds. The number of phenols is 1. The van der Waals surface area contributed by atoms with E-state index in [2.05, 4.69) is 4.90 Å². The van der Waals surface area contributed by atoms with Crippen molar-refractivity contribution in [3.8, 4) is 5.75 Å². The highest BCUT2D eigenvalue weighted by molar-refractivity contribution is 6.30. The van der Waals surface area contributed by atoms with Crippen LogP contribution in [0.25, 0.3) is 0 Å². The summed E-state index contributed by atoms with van der Waals surface area (Å²) in [4.78, 5) is 16.6. The molecule has 0 spiro atoms. The van der Waals surface area contributed by atoms with Gasteiger partial charge in [-0.25, -0.2) is 4.39 Å². The molecule has 1 N–H and O–H groups in total. The fourth-order valence-corrected chi connectivity index (χ4v) is 3.81. The van der Waals surface area contributed by atoms with E-state index in [4.69, 9.17) is 16.3 Å². The first kappa shape index (κ1) is 20.6. The van der Waals surface area contributed by atoms with Crippen molar-refractivity contribution in [2.45, 2.75) is 25.4 Å². The molecule has 0 unspecified atom stereocenters. The van der Waals surface area contributed by atoms with Crippen LogP contribution in [0.15, 0.2) is 42.5 Å². The average Bonchev–Trinajstić information content (AvgIpc) is 2.68. The predicted molar refractivity (Wildman–Crippen MR) is 107 cm³/mol. The van der Waals surface area contributed by atoms with Gasteiger partial charge in [0, 0.05) is 49.1 Å². The maximum atomic E-state index is 13.3. The van der Waals surface area contributed by atoms with Gasteiger partial charge in [-0.3, -0.25) is 9.69 Å². The molecule has 28 heavy (non-hydrogen) atoms. The molecule has 1 aliphatic heterocycles. The van der Waals surface area contributed by atoms with Crippen LogP contribution in [0.5, 0.6) is 5.75 Å². The third kappa shape index (κ3) is 5.01. The third-order valence-corrected chi connectivity index (χ3v) is 5.23. The van der Waals surface area contributed by atoms with Gasteiger partial charge in [0.25, 0.3) is 5.91 Å². The van der Waals surface area contributed by atoms with Crippen molar-refractivity contribution in [1.82, 2.24) is 4.90 Å². The second kappa shape index (κ2) is 9.37. The van der Waals surface area contributed by atoms with Gasteiger partial charge < -0.3 is 14.7 Å². The number of aromatic hydroxyl groups is 1. The molecule has 2 aromatic carbocycles. The molecular formula is C21H24ClFN2O3. The minimum absolute atomic E-state index is 0.0114. The summed E-state index contributed by atoms with van der Waals surface area (Å²) in [6.45, 7) is 2.12. The number of phenolic OH excluding ortho intramolecular Hbond substituents is 1. The van der Waals surface area contributed by atoms with Crippen molar-refractivity contribution in [3.05, 3.63) is 58.9 Å². The second-order valence-corrected chi connectivity index (χ2v) is 7.39. The van der Waals surface area contributed by atoms with Gasteiger partial charge in [-0.1, -0.05) is 11.6 Å². The number of hydrogen-bond donors (Lipinski definition) is 1. The number of methoxy groups -OCH3 is 1. The van der Waals surface area contributed by atoms with E-state index in [-0.39, 0.29) is 30.1 Å². The number of nitrogens with zero attached hydrogens (tertiary/aromatic N) is 2. The Balaban J connectivity index is 1.68. The number of amides is 1. The highest BCUT2D eigenvalue weighted by Gasteiger charge is 2.29. The topological polar surface area (TPSA) is 53.0 Å². The van der Waals surface area contributed by atoms with E-state index in [1.54, 1.807) is 35.2 Å². The molecule has 5 nitrogen and oxygen atoms in total. The number of carbonyl (C=O) groups is 1. The Bertz CT molecular complexity index is 808. The van der Waals surface area contributed by atoms with E-state index in [1.807, 2.05) is 0 Å². The molecule has 1 heterocycles. The molecule has 0 atom stereocenters. The van der Waals surface area contributed by atoms with Gasteiger partial charge in [-0.05, 0) is 55.3 Å². The number of likely N-dealkylation sites (tertiary alicyclic amines) is 1. The molecule has 3 rings (SSSR count). The Labute approximate surface area is 169 Å². The molecule has 1 fully saturated rings. The first-order valence-electron chi connectivity index (χ1n) is 9.24. The van der Waals surface area contributed by atoms with Gasteiger partial charge in [-0.2, -0.15) is 0 Å². The fourth-order valence-electron chi connectivity index (χ4n) is 3.61. The Morgan fingerprint density at radius 2 is 1.93 bits per heavy atom. The number of carbonyl (C=O) groups excluding carboxylic acids is 1. The average molecular weight is 407 g/mol. The number of ether oxygens (including phenoxy) is 1.